The zero-order valence-corrected chi connectivity index (χ0v) is 11.9. The minimum atomic E-state index is -0.230. The average molecular weight is 266 g/mol. The Morgan fingerprint density at radius 1 is 1.32 bits per heavy atom. The molecule has 0 aliphatic heterocycles. The number of nitrogens with zero attached hydrogens (tertiary/aromatic N) is 1. The quantitative estimate of drug-likeness (QED) is 0.820. The van der Waals surface area contributed by atoms with E-state index in [1.54, 1.807) is 17.0 Å². The molecule has 1 rings (SSSR count). The molecule has 0 bridgehead atoms. The molecule has 0 fully saturated rings. The fourth-order valence-corrected chi connectivity index (χ4v) is 2.02. The molecule has 0 aliphatic rings. The summed E-state index contributed by atoms with van der Waals surface area (Å²) in [6, 6.07) is 6.50. The SMILES string of the molecule is CCN(CC)C(=O)C(C)NCCc1ccccc1F. The minimum Gasteiger partial charge on any atom is -0.342 e. The van der Waals surface area contributed by atoms with Gasteiger partial charge in [-0.25, -0.2) is 4.39 Å². The number of hydrogen-bond acceptors (Lipinski definition) is 2. The lowest BCUT2D eigenvalue weighted by atomic mass is 10.1. The molecule has 3 nitrogen and oxygen atoms in total. The highest BCUT2D eigenvalue weighted by molar-refractivity contribution is 5.81. The van der Waals surface area contributed by atoms with E-state index in [1.807, 2.05) is 26.8 Å². The van der Waals surface area contributed by atoms with Gasteiger partial charge in [-0.05, 0) is 38.8 Å². The van der Waals surface area contributed by atoms with Crippen LogP contribution in [0.3, 0.4) is 0 Å². The molecule has 1 unspecified atom stereocenters. The number of carbonyl (C=O) groups is 1. The predicted molar refractivity (Wildman–Crippen MR) is 75.5 cm³/mol. The summed E-state index contributed by atoms with van der Waals surface area (Å²) < 4.78 is 13.4. The molecular weight excluding hydrogens is 243 g/mol. The summed E-state index contributed by atoms with van der Waals surface area (Å²) >= 11 is 0. The zero-order chi connectivity index (χ0) is 14.3. The maximum Gasteiger partial charge on any atom is 0.239 e. The van der Waals surface area contributed by atoms with E-state index in [0.29, 0.717) is 31.6 Å². The van der Waals surface area contributed by atoms with E-state index < -0.39 is 0 Å². The van der Waals surface area contributed by atoms with Gasteiger partial charge >= 0.3 is 0 Å². The maximum absolute atomic E-state index is 13.4. The Morgan fingerprint density at radius 2 is 1.95 bits per heavy atom. The summed E-state index contributed by atoms with van der Waals surface area (Å²) in [6.45, 7) is 7.81. The van der Waals surface area contributed by atoms with Gasteiger partial charge in [0.1, 0.15) is 5.82 Å². The molecule has 0 radical (unpaired) electrons. The second-order valence-electron chi connectivity index (χ2n) is 4.53. The maximum atomic E-state index is 13.4. The molecule has 0 aromatic heterocycles. The Hall–Kier alpha value is -1.42. The van der Waals surface area contributed by atoms with Crippen molar-refractivity contribution in [2.45, 2.75) is 33.2 Å². The van der Waals surface area contributed by atoms with Crippen LogP contribution in [0.1, 0.15) is 26.3 Å². The first-order valence-electron chi connectivity index (χ1n) is 6.85. The van der Waals surface area contributed by atoms with Crippen molar-refractivity contribution < 1.29 is 9.18 Å². The van der Waals surface area contributed by atoms with Crippen molar-refractivity contribution in [2.24, 2.45) is 0 Å². The van der Waals surface area contributed by atoms with E-state index in [0.717, 1.165) is 0 Å². The lowest BCUT2D eigenvalue weighted by Crippen LogP contribution is -2.45. The summed E-state index contributed by atoms with van der Waals surface area (Å²) in [5, 5.41) is 3.15. The molecule has 0 aliphatic carbocycles. The summed E-state index contributed by atoms with van der Waals surface area (Å²) in [4.78, 5) is 13.8. The largest absolute Gasteiger partial charge is 0.342 e. The lowest BCUT2D eigenvalue weighted by Gasteiger charge is -2.23. The Kier molecular flexibility index (Phi) is 6.50. The molecule has 0 spiro atoms. The number of amides is 1. The van der Waals surface area contributed by atoms with E-state index in [-0.39, 0.29) is 17.8 Å². The molecular formula is C15H23FN2O. The number of halogens is 1. The van der Waals surface area contributed by atoms with Gasteiger partial charge < -0.3 is 10.2 Å². The molecule has 1 aromatic rings. The van der Waals surface area contributed by atoms with E-state index in [1.165, 1.54) is 6.07 Å². The Balaban J connectivity index is 2.41. The minimum absolute atomic E-state index is 0.0959. The molecule has 1 atom stereocenters. The van der Waals surface area contributed by atoms with E-state index in [9.17, 15) is 9.18 Å². The molecule has 4 heteroatoms. The van der Waals surface area contributed by atoms with Crippen LogP contribution in [0.5, 0.6) is 0 Å². The van der Waals surface area contributed by atoms with Gasteiger partial charge in [-0.3, -0.25) is 4.79 Å². The number of hydrogen-bond donors (Lipinski definition) is 1. The van der Waals surface area contributed by atoms with E-state index in [2.05, 4.69) is 5.32 Å². The summed E-state index contributed by atoms with van der Waals surface area (Å²) in [5.74, 6) is -0.0921. The average Bonchev–Trinajstić information content (AvgIpc) is 2.42. The standard InChI is InChI=1S/C15H23FN2O/c1-4-18(5-2)15(19)12(3)17-11-10-13-8-6-7-9-14(13)16/h6-9,12,17H,4-5,10-11H2,1-3H3. The van der Waals surface area contributed by atoms with E-state index >= 15 is 0 Å². The summed E-state index contributed by atoms with van der Waals surface area (Å²) in [5.41, 5.74) is 0.678. The first-order chi connectivity index (χ1) is 9.10. The highest BCUT2D eigenvalue weighted by Crippen LogP contribution is 2.06. The molecule has 19 heavy (non-hydrogen) atoms. The first kappa shape index (κ1) is 15.6. The topological polar surface area (TPSA) is 32.3 Å². The van der Waals surface area contributed by atoms with Crippen LogP contribution in [0.15, 0.2) is 24.3 Å². The van der Waals surface area contributed by atoms with Gasteiger partial charge in [0.05, 0.1) is 6.04 Å². The number of carbonyl (C=O) groups excluding carboxylic acids is 1. The van der Waals surface area contributed by atoms with Crippen LogP contribution in [0.2, 0.25) is 0 Å². The van der Waals surface area contributed by atoms with Crippen molar-refractivity contribution in [2.75, 3.05) is 19.6 Å². The van der Waals surface area contributed by atoms with Gasteiger partial charge in [0.2, 0.25) is 5.91 Å². The summed E-state index contributed by atoms with van der Waals surface area (Å²) in [6.07, 6.45) is 0.586. The van der Waals surface area contributed by atoms with Crippen LogP contribution in [-0.2, 0) is 11.2 Å². The monoisotopic (exact) mass is 266 g/mol. The highest BCUT2D eigenvalue weighted by atomic mass is 19.1. The molecule has 0 heterocycles. The molecule has 1 amide bonds. The second kappa shape index (κ2) is 7.89. The Labute approximate surface area is 114 Å². The van der Waals surface area contributed by atoms with Crippen LogP contribution in [0, 0.1) is 5.82 Å². The van der Waals surface area contributed by atoms with Crippen LogP contribution in [0.25, 0.3) is 0 Å². The highest BCUT2D eigenvalue weighted by Gasteiger charge is 2.17. The van der Waals surface area contributed by atoms with Gasteiger partial charge in [-0.2, -0.15) is 0 Å². The normalized spacial score (nSPS) is 12.2. The fraction of sp³-hybridized carbons (Fsp3) is 0.533. The van der Waals surface area contributed by atoms with Crippen LogP contribution >= 0.6 is 0 Å². The Morgan fingerprint density at radius 3 is 2.53 bits per heavy atom. The molecule has 1 aromatic carbocycles. The first-order valence-corrected chi connectivity index (χ1v) is 6.85. The molecule has 106 valence electrons. The van der Waals surface area contributed by atoms with Gasteiger partial charge in [-0.15, -0.1) is 0 Å². The predicted octanol–water partition coefficient (Wildman–Crippen LogP) is 2.21. The van der Waals surface area contributed by atoms with Crippen molar-refractivity contribution in [1.29, 1.82) is 0 Å². The number of rotatable bonds is 7. The zero-order valence-electron chi connectivity index (χ0n) is 11.9. The van der Waals surface area contributed by atoms with Crippen molar-refractivity contribution in [3.05, 3.63) is 35.6 Å². The van der Waals surface area contributed by atoms with Crippen molar-refractivity contribution in [1.82, 2.24) is 10.2 Å². The van der Waals surface area contributed by atoms with Crippen LogP contribution in [0.4, 0.5) is 4.39 Å². The van der Waals surface area contributed by atoms with Gasteiger partial charge in [0.15, 0.2) is 0 Å². The lowest BCUT2D eigenvalue weighted by molar-refractivity contribution is -0.132. The fourth-order valence-electron chi connectivity index (χ4n) is 2.02. The number of benzene rings is 1. The van der Waals surface area contributed by atoms with Crippen molar-refractivity contribution >= 4 is 5.91 Å². The van der Waals surface area contributed by atoms with E-state index in [4.69, 9.17) is 0 Å². The van der Waals surface area contributed by atoms with Crippen LogP contribution in [-0.4, -0.2) is 36.5 Å². The van der Waals surface area contributed by atoms with Crippen LogP contribution < -0.4 is 5.32 Å². The van der Waals surface area contributed by atoms with Gasteiger partial charge in [-0.1, -0.05) is 18.2 Å². The third-order valence-electron chi connectivity index (χ3n) is 3.25. The van der Waals surface area contributed by atoms with Gasteiger partial charge in [0, 0.05) is 19.6 Å². The number of nitrogens with one attached hydrogen (secondary N) is 1. The second-order valence-corrected chi connectivity index (χ2v) is 4.53. The third kappa shape index (κ3) is 4.63. The number of likely N-dealkylation sites (N-methyl/N-ethyl adjacent to an activating group) is 1. The van der Waals surface area contributed by atoms with Gasteiger partial charge in [0.25, 0.3) is 0 Å². The van der Waals surface area contributed by atoms with Crippen molar-refractivity contribution in [3.63, 3.8) is 0 Å². The smallest absolute Gasteiger partial charge is 0.239 e. The summed E-state index contributed by atoms with van der Waals surface area (Å²) in [7, 11) is 0. The third-order valence-corrected chi connectivity index (χ3v) is 3.25. The Bertz CT molecular complexity index is 405. The molecule has 0 saturated heterocycles. The van der Waals surface area contributed by atoms with Crippen molar-refractivity contribution in [3.8, 4) is 0 Å². The molecule has 0 saturated carbocycles. The molecule has 1 N–H and O–H groups in total.